The molecule has 0 amide bonds. The fourth-order valence-electron chi connectivity index (χ4n) is 2.47. The van der Waals surface area contributed by atoms with Crippen LogP contribution in [-0.4, -0.2) is 17.2 Å². The first-order valence-electron chi connectivity index (χ1n) is 6.72. The Kier molecular flexibility index (Phi) is 4.24. The number of unbranched alkanes of at least 4 members (excludes halogenated alkanes) is 1. The minimum Gasteiger partial charge on any atom is -0.479 e. The van der Waals surface area contributed by atoms with Crippen molar-refractivity contribution in [3.8, 4) is 5.75 Å². The summed E-state index contributed by atoms with van der Waals surface area (Å²) < 4.78 is 5.72. The van der Waals surface area contributed by atoms with E-state index in [4.69, 9.17) is 4.74 Å². The maximum atomic E-state index is 11.2. The molecule has 1 N–H and O–H groups in total. The molecule has 0 saturated heterocycles. The van der Waals surface area contributed by atoms with Crippen LogP contribution in [0, 0.1) is 0 Å². The third-order valence-electron chi connectivity index (χ3n) is 3.47. The number of aryl methyl sites for hydroxylation is 1. The molecular formula is C15H20O3. The number of fused-ring (bicyclic) bond motifs is 1. The topological polar surface area (TPSA) is 46.5 Å². The van der Waals surface area contributed by atoms with Crippen molar-refractivity contribution in [2.24, 2.45) is 0 Å². The minimum atomic E-state index is -0.862. The average Bonchev–Trinajstić information content (AvgIpc) is 2.83. The number of ether oxygens (including phenoxy) is 1. The summed E-state index contributed by atoms with van der Waals surface area (Å²) >= 11 is 0. The quantitative estimate of drug-likeness (QED) is 0.841. The van der Waals surface area contributed by atoms with Gasteiger partial charge in [-0.1, -0.05) is 25.5 Å². The van der Waals surface area contributed by atoms with Crippen LogP contribution in [0.4, 0.5) is 0 Å². The standard InChI is InChI=1S/C15H20O3/c1-2-3-9-14(15(16)17)18-13-10-5-7-11-6-4-8-12(11)13/h5,7,10,14H,2-4,6,8-9H2,1H3,(H,16,17). The first-order chi connectivity index (χ1) is 8.72. The van der Waals surface area contributed by atoms with E-state index < -0.39 is 12.1 Å². The van der Waals surface area contributed by atoms with Gasteiger partial charge in [0.25, 0.3) is 0 Å². The predicted molar refractivity (Wildman–Crippen MR) is 70.0 cm³/mol. The Morgan fingerprint density at radius 3 is 3.00 bits per heavy atom. The van der Waals surface area contributed by atoms with Gasteiger partial charge in [0.1, 0.15) is 5.75 Å². The Morgan fingerprint density at radius 2 is 2.28 bits per heavy atom. The fourth-order valence-corrected chi connectivity index (χ4v) is 2.47. The second-order valence-corrected chi connectivity index (χ2v) is 4.83. The van der Waals surface area contributed by atoms with E-state index in [1.165, 1.54) is 11.1 Å². The largest absolute Gasteiger partial charge is 0.479 e. The van der Waals surface area contributed by atoms with Crippen molar-refractivity contribution in [2.75, 3.05) is 0 Å². The van der Waals surface area contributed by atoms with Gasteiger partial charge in [0.15, 0.2) is 6.10 Å². The lowest BCUT2D eigenvalue weighted by molar-refractivity contribution is -0.145. The molecule has 98 valence electrons. The van der Waals surface area contributed by atoms with Crippen molar-refractivity contribution in [1.82, 2.24) is 0 Å². The number of benzene rings is 1. The van der Waals surface area contributed by atoms with Gasteiger partial charge >= 0.3 is 5.97 Å². The zero-order valence-corrected chi connectivity index (χ0v) is 10.8. The molecule has 0 saturated carbocycles. The van der Waals surface area contributed by atoms with Gasteiger partial charge in [-0.3, -0.25) is 0 Å². The van der Waals surface area contributed by atoms with Crippen LogP contribution < -0.4 is 4.74 Å². The van der Waals surface area contributed by atoms with Gasteiger partial charge < -0.3 is 9.84 Å². The summed E-state index contributed by atoms with van der Waals surface area (Å²) in [4.78, 5) is 11.2. The molecule has 1 aromatic rings. The highest BCUT2D eigenvalue weighted by Crippen LogP contribution is 2.31. The lowest BCUT2D eigenvalue weighted by atomic mass is 10.1. The maximum Gasteiger partial charge on any atom is 0.344 e. The molecule has 3 nitrogen and oxygen atoms in total. The molecule has 0 radical (unpaired) electrons. The third-order valence-corrected chi connectivity index (χ3v) is 3.47. The molecule has 18 heavy (non-hydrogen) atoms. The number of hydrogen-bond donors (Lipinski definition) is 1. The molecule has 1 aliphatic carbocycles. The predicted octanol–water partition coefficient (Wildman–Crippen LogP) is 3.20. The Morgan fingerprint density at radius 1 is 1.44 bits per heavy atom. The number of aliphatic carboxylic acids is 1. The van der Waals surface area contributed by atoms with Crippen molar-refractivity contribution in [2.45, 2.75) is 51.6 Å². The summed E-state index contributed by atoms with van der Waals surface area (Å²) in [5, 5.41) is 9.18. The van der Waals surface area contributed by atoms with Gasteiger partial charge in [-0.05, 0) is 49.3 Å². The van der Waals surface area contributed by atoms with Crippen LogP contribution in [0.15, 0.2) is 18.2 Å². The monoisotopic (exact) mass is 248 g/mol. The number of rotatable bonds is 6. The smallest absolute Gasteiger partial charge is 0.344 e. The summed E-state index contributed by atoms with van der Waals surface area (Å²) in [6.45, 7) is 2.05. The Bertz CT molecular complexity index is 426. The van der Waals surface area contributed by atoms with Crippen molar-refractivity contribution in [3.05, 3.63) is 29.3 Å². The van der Waals surface area contributed by atoms with Gasteiger partial charge in [-0.15, -0.1) is 0 Å². The minimum absolute atomic E-state index is 0.579. The van der Waals surface area contributed by atoms with E-state index in [0.717, 1.165) is 37.9 Å². The maximum absolute atomic E-state index is 11.2. The molecule has 0 heterocycles. The van der Waals surface area contributed by atoms with Crippen LogP contribution in [0.1, 0.15) is 43.7 Å². The van der Waals surface area contributed by atoms with Gasteiger partial charge in [-0.25, -0.2) is 4.79 Å². The molecule has 0 fully saturated rings. The van der Waals surface area contributed by atoms with Crippen molar-refractivity contribution in [3.63, 3.8) is 0 Å². The van der Waals surface area contributed by atoms with Gasteiger partial charge in [0.05, 0.1) is 0 Å². The van der Waals surface area contributed by atoms with Crippen LogP contribution >= 0.6 is 0 Å². The zero-order chi connectivity index (χ0) is 13.0. The first-order valence-corrected chi connectivity index (χ1v) is 6.72. The average molecular weight is 248 g/mol. The Labute approximate surface area is 108 Å². The molecule has 1 aromatic carbocycles. The number of hydrogen-bond acceptors (Lipinski definition) is 2. The molecule has 0 bridgehead atoms. The number of carboxylic acid groups (broad SMARTS) is 1. The summed E-state index contributed by atoms with van der Waals surface area (Å²) in [7, 11) is 0. The summed E-state index contributed by atoms with van der Waals surface area (Å²) in [5.41, 5.74) is 2.52. The molecule has 0 aliphatic heterocycles. The molecule has 2 rings (SSSR count). The highest BCUT2D eigenvalue weighted by atomic mass is 16.5. The molecule has 0 aromatic heterocycles. The van der Waals surface area contributed by atoms with Crippen molar-refractivity contribution in [1.29, 1.82) is 0 Å². The van der Waals surface area contributed by atoms with Crippen LogP contribution in [0.3, 0.4) is 0 Å². The normalized spacial score (nSPS) is 15.2. The Balaban J connectivity index is 2.11. The van der Waals surface area contributed by atoms with Crippen LogP contribution in [0.2, 0.25) is 0 Å². The number of carboxylic acids is 1. The van der Waals surface area contributed by atoms with E-state index in [2.05, 4.69) is 13.0 Å². The van der Waals surface area contributed by atoms with Crippen LogP contribution in [0.5, 0.6) is 5.75 Å². The van der Waals surface area contributed by atoms with Crippen molar-refractivity contribution < 1.29 is 14.6 Å². The van der Waals surface area contributed by atoms with E-state index in [0.29, 0.717) is 6.42 Å². The lowest BCUT2D eigenvalue weighted by Crippen LogP contribution is -2.27. The van der Waals surface area contributed by atoms with E-state index in [1.807, 2.05) is 12.1 Å². The highest BCUT2D eigenvalue weighted by molar-refractivity contribution is 5.72. The summed E-state index contributed by atoms with van der Waals surface area (Å²) in [6.07, 6.45) is 4.96. The molecule has 0 spiro atoms. The Hall–Kier alpha value is -1.51. The van der Waals surface area contributed by atoms with E-state index in [-0.39, 0.29) is 0 Å². The first kappa shape index (κ1) is 12.9. The SMILES string of the molecule is CCCCC(Oc1cccc2c1CCC2)C(=O)O. The van der Waals surface area contributed by atoms with Gasteiger partial charge in [-0.2, -0.15) is 0 Å². The van der Waals surface area contributed by atoms with Crippen LogP contribution in [0.25, 0.3) is 0 Å². The van der Waals surface area contributed by atoms with E-state index >= 15 is 0 Å². The molecule has 1 atom stereocenters. The summed E-state index contributed by atoms with van der Waals surface area (Å²) in [5.74, 6) is -0.0902. The number of carbonyl (C=O) groups is 1. The second-order valence-electron chi connectivity index (χ2n) is 4.83. The molecule has 1 aliphatic rings. The molecule has 1 unspecified atom stereocenters. The van der Waals surface area contributed by atoms with E-state index in [1.54, 1.807) is 0 Å². The van der Waals surface area contributed by atoms with Crippen LogP contribution in [-0.2, 0) is 17.6 Å². The van der Waals surface area contributed by atoms with E-state index in [9.17, 15) is 9.90 Å². The molecule has 3 heteroatoms. The van der Waals surface area contributed by atoms with Gasteiger partial charge in [0, 0.05) is 0 Å². The third kappa shape index (κ3) is 2.84. The highest BCUT2D eigenvalue weighted by Gasteiger charge is 2.22. The molecular weight excluding hydrogens is 228 g/mol. The zero-order valence-electron chi connectivity index (χ0n) is 10.8. The fraction of sp³-hybridized carbons (Fsp3) is 0.533. The summed E-state index contributed by atoms with van der Waals surface area (Å²) in [6, 6.07) is 5.96. The second kappa shape index (κ2) is 5.89. The van der Waals surface area contributed by atoms with Crippen molar-refractivity contribution >= 4 is 5.97 Å². The van der Waals surface area contributed by atoms with Gasteiger partial charge in [0.2, 0.25) is 0 Å². The lowest BCUT2D eigenvalue weighted by Gasteiger charge is -2.17.